The molecule has 1 fully saturated rings. The zero-order valence-electron chi connectivity index (χ0n) is 14.9. The largest absolute Gasteiger partial charge is 0.377 e. The van der Waals surface area contributed by atoms with E-state index in [-0.39, 0.29) is 0 Å². The molecule has 3 heteroatoms. The normalized spacial score (nSPS) is 19.1. The molecule has 0 atom stereocenters. The predicted octanol–water partition coefficient (Wildman–Crippen LogP) is 3.68. The Bertz CT molecular complexity index is 248. The Morgan fingerprint density at radius 2 is 1.81 bits per heavy atom. The maximum absolute atomic E-state index is 5.70. The molecule has 1 N–H and O–H groups in total. The fourth-order valence-corrected chi connectivity index (χ4v) is 3.50. The quantitative estimate of drug-likeness (QED) is 0.492. The van der Waals surface area contributed by atoms with Gasteiger partial charge in [0.05, 0.1) is 12.7 Å². The summed E-state index contributed by atoms with van der Waals surface area (Å²) in [6, 6.07) is 0. The predicted molar refractivity (Wildman–Crippen MR) is 91.9 cm³/mol. The van der Waals surface area contributed by atoms with Crippen LogP contribution >= 0.6 is 0 Å². The van der Waals surface area contributed by atoms with Crippen molar-refractivity contribution in [2.24, 2.45) is 5.41 Å². The van der Waals surface area contributed by atoms with Crippen LogP contribution in [0.1, 0.15) is 65.7 Å². The van der Waals surface area contributed by atoms with Crippen LogP contribution in [0.2, 0.25) is 0 Å². The third-order valence-corrected chi connectivity index (χ3v) is 4.62. The summed E-state index contributed by atoms with van der Waals surface area (Å²) >= 11 is 0. The molecule has 0 heterocycles. The SMILES string of the molecule is CCCNCC1(CN(C)CCOC(C)C)CCCCCC1. The molecular formula is C18H38N2O. The molecule has 0 unspecified atom stereocenters. The van der Waals surface area contributed by atoms with Crippen LogP contribution in [0.25, 0.3) is 0 Å². The standard InChI is InChI=1S/C18H38N2O/c1-5-12-19-15-18(10-8-6-7-9-11-18)16-20(4)13-14-21-17(2)3/h17,19H,5-16H2,1-4H3. The van der Waals surface area contributed by atoms with E-state index in [0.29, 0.717) is 11.5 Å². The summed E-state index contributed by atoms with van der Waals surface area (Å²) in [7, 11) is 2.26. The average molecular weight is 299 g/mol. The third kappa shape index (κ3) is 8.18. The number of hydrogen-bond donors (Lipinski definition) is 1. The van der Waals surface area contributed by atoms with Gasteiger partial charge in [0.2, 0.25) is 0 Å². The van der Waals surface area contributed by atoms with Crippen molar-refractivity contribution in [3.05, 3.63) is 0 Å². The summed E-state index contributed by atoms with van der Waals surface area (Å²) in [5.41, 5.74) is 0.484. The van der Waals surface area contributed by atoms with E-state index in [2.05, 4.69) is 38.0 Å². The van der Waals surface area contributed by atoms with Crippen LogP contribution in [0.15, 0.2) is 0 Å². The van der Waals surface area contributed by atoms with Gasteiger partial charge in [0.1, 0.15) is 0 Å². The second-order valence-electron chi connectivity index (χ2n) is 7.25. The van der Waals surface area contributed by atoms with Crippen molar-refractivity contribution < 1.29 is 4.74 Å². The highest BCUT2D eigenvalue weighted by Gasteiger charge is 2.31. The second-order valence-corrected chi connectivity index (χ2v) is 7.25. The van der Waals surface area contributed by atoms with Crippen molar-refractivity contribution in [1.82, 2.24) is 10.2 Å². The zero-order valence-corrected chi connectivity index (χ0v) is 14.9. The molecule has 0 aromatic rings. The smallest absolute Gasteiger partial charge is 0.0596 e. The van der Waals surface area contributed by atoms with Crippen LogP contribution in [-0.2, 0) is 4.74 Å². The van der Waals surface area contributed by atoms with Gasteiger partial charge in [0, 0.05) is 19.6 Å². The van der Waals surface area contributed by atoms with Gasteiger partial charge in [-0.05, 0) is 52.1 Å². The molecule has 0 aromatic carbocycles. The van der Waals surface area contributed by atoms with Crippen molar-refractivity contribution in [2.75, 3.05) is 39.8 Å². The first-order chi connectivity index (χ1) is 10.1. The van der Waals surface area contributed by atoms with Crippen molar-refractivity contribution in [2.45, 2.75) is 71.8 Å². The van der Waals surface area contributed by atoms with Crippen molar-refractivity contribution in [1.29, 1.82) is 0 Å². The van der Waals surface area contributed by atoms with Gasteiger partial charge in [-0.1, -0.05) is 32.6 Å². The monoisotopic (exact) mass is 298 g/mol. The number of nitrogens with one attached hydrogen (secondary N) is 1. The average Bonchev–Trinajstić information content (AvgIpc) is 2.64. The lowest BCUT2D eigenvalue weighted by Crippen LogP contribution is -2.44. The molecule has 0 aromatic heterocycles. The van der Waals surface area contributed by atoms with E-state index in [1.54, 1.807) is 0 Å². The first kappa shape index (κ1) is 18.9. The van der Waals surface area contributed by atoms with Crippen LogP contribution in [0, 0.1) is 5.41 Å². The van der Waals surface area contributed by atoms with Crippen LogP contribution in [0.4, 0.5) is 0 Å². The highest BCUT2D eigenvalue weighted by Crippen LogP contribution is 2.35. The molecule has 1 rings (SSSR count). The van der Waals surface area contributed by atoms with E-state index in [1.807, 2.05) is 0 Å². The van der Waals surface area contributed by atoms with Gasteiger partial charge in [-0.3, -0.25) is 0 Å². The minimum Gasteiger partial charge on any atom is -0.377 e. The molecule has 1 aliphatic carbocycles. The highest BCUT2D eigenvalue weighted by atomic mass is 16.5. The molecule has 0 aliphatic heterocycles. The molecule has 3 nitrogen and oxygen atoms in total. The van der Waals surface area contributed by atoms with Gasteiger partial charge in [-0.15, -0.1) is 0 Å². The van der Waals surface area contributed by atoms with Gasteiger partial charge in [-0.25, -0.2) is 0 Å². The van der Waals surface area contributed by atoms with Crippen LogP contribution < -0.4 is 5.32 Å². The number of hydrogen-bond acceptors (Lipinski definition) is 3. The minimum absolute atomic E-state index is 0.344. The topological polar surface area (TPSA) is 24.5 Å². The maximum Gasteiger partial charge on any atom is 0.0596 e. The first-order valence-electron chi connectivity index (χ1n) is 9.09. The minimum atomic E-state index is 0.344. The number of rotatable bonds is 10. The van der Waals surface area contributed by atoms with Crippen LogP contribution in [-0.4, -0.2) is 50.8 Å². The molecular weight excluding hydrogens is 260 g/mol. The van der Waals surface area contributed by atoms with E-state index >= 15 is 0 Å². The molecule has 0 spiro atoms. The Kier molecular flexibility index (Phi) is 9.54. The van der Waals surface area contributed by atoms with Gasteiger partial charge in [-0.2, -0.15) is 0 Å². The van der Waals surface area contributed by atoms with Gasteiger partial charge >= 0.3 is 0 Å². The Balaban J connectivity index is 2.46. The van der Waals surface area contributed by atoms with E-state index in [4.69, 9.17) is 4.74 Å². The summed E-state index contributed by atoms with van der Waals surface area (Å²) in [4.78, 5) is 2.49. The lowest BCUT2D eigenvalue weighted by atomic mass is 9.79. The van der Waals surface area contributed by atoms with Gasteiger partial charge in [0.15, 0.2) is 0 Å². The van der Waals surface area contributed by atoms with E-state index < -0.39 is 0 Å². The van der Waals surface area contributed by atoms with Crippen LogP contribution in [0.5, 0.6) is 0 Å². The molecule has 21 heavy (non-hydrogen) atoms. The summed E-state index contributed by atoms with van der Waals surface area (Å²) in [5, 5.41) is 3.70. The summed E-state index contributed by atoms with van der Waals surface area (Å²) in [5.74, 6) is 0. The fraction of sp³-hybridized carbons (Fsp3) is 1.00. The Labute approximate surface area is 132 Å². The summed E-state index contributed by atoms with van der Waals surface area (Å²) < 4.78 is 5.70. The summed E-state index contributed by atoms with van der Waals surface area (Å²) in [6.07, 6.45) is 10.0. The molecule has 0 amide bonds. The number of likely N-dealkylation sites (N-methyl/N-ethyl adjacent to an activating group) is 1. The van der Waals surface area contributed by atoms with Crippen molar-refractivity contribution >= 4 is 0 Å². The molecule has 126 valence electrons. The Hall–Kier alpha value is -0.120. The fourth-order valence-electron chi connectivity index (χ4n) is 3.50. The molecule has 1 aliphatic rings. The van der Waals surface area contributed by atoms with E-state index in [9.17, 15) is 0 Å². The second kappa shape index (κ2) is 10.6. The number of ether oxygens (including phenoxy) is 1. The van der Waals surface area contributed by atoms with Gasteiger partial charge < -0.3 is 15.0 Å². The van der Waals surface area contributed by atoms with Crippen molar-refractivity contribution in [3.8, 4) is 0 Å². The van der Waals surface area contributed by atoms with Gasteiger partial charge in [0.25, 0.3) is 0 Å². The lowest BCUT2D eigenvalue weighted by Gasteiger charge is -2.37. The molecule has 0 saturated heterocycles. The summed E-state index contributed by atoms with van der Waals surface area (Å²) in [6.45, 7) is 11.9. The van der Waals surface area contributed by atoms with E-state index in [1.165, 1.54) is 58.0 Å². The van der Waals surface area contributed by atoms with Crippen molar-refractivity contribution in [3.63, 3.8) is 0 Å². The third-order valence-electron chi connectivity index (χ3n) is 4.62. The maximum atomic E-state index is 5.70. The zero-order chi connectivity index (χ0) is 15.6. The lowest BCUT2D eigenvalue weighted by molar-refractivity contribution is 0.0516. The Morgan fingerprint density at radius 3 is 2.38 bits per heavy atom. The molecule has 0 bridgehead atoms. The number of nitrogens with zero attached hydrogens (tertiary/aromatic N) is 1. The van der Waals surface area contributed by atoms with E-state index in [0.717, 1.165) is 19.7 Å². The molecule has 0 radical (unpaired) electrons. The molecule has 1 saturated carbocycles. The first-order valence-corrected chi connectivity index (χ1v) is 9.09. The highest BCUT2D eigenvalue weighted by molar-refractivity contribution is 4.86. The van der Waals surface area contributed by atoms with Crippen LogP contribution in [0.3, 0.4) is 0 Å². The Morgan fingerprint density at radius 1 is 1.14 bits per heavy atom.